The quantitative estimate of drug-likeness (QED) is 0.742. The van der Waals surface area contributed by atoms with Crippen molar-refractivity contribution in [2.24, 2.45) is 0 Å². The van der Waals surface area contributed by atoms with E-state index in [1.807, 2.05) is 12.1 Å². The lowest BCUT2D eigenvalue weighted by Crippen LogP contribution is -1.71. The van der Waals surface area contributed by atoms with E-state index >= 15 is 0 Å². The Morgan fingerprint density at radius 1 is 1.45 bits per heavy atom. The van der Waals surface area contributed by atoms with E-state index in [2.05, 4.69) is 26.1 Å². The third kappa shape index (κ3) is 1.04. The summed E-state index contributed by atoms with van der Waals surface area (Å²) in [5.74, 6) is 0. The molecule has 0 fully saturated rings. The van der Waals surface area contributed by atoms with Gasteiger partial charge in [-0.05, 0) is 12.1 Å². The largest absolute Gasteiger partial charge is 0.276 e. The van der Waals surface area contributed by atoms with Crippen LogP contribution >= 0.6 is 27.5 Å². The lowest BCUT2D eigenvalue weighted by atomic mass is 10.3. The minimum absolute atomic E-state index is 0.695. The van der Waals surface area contributed by atoms with Gasteiger partial charge in [0.2, 0.25) is 0 Å². The van der Waals surface area contributed by atoms with Crippen molar-refractivity contribution in [2.75, 3.05) is 0 Å². The summed E-state index contributed by atoms with van der Waals surface area (Å²) >= 11 is 9.27. The SMILES string of the molecule is Clc1ccc(Br)c2cn[nH]c12. The lowest BCUT2D eigenvalue weighted by Gasteiger charge is -1.93. The van der Waals surface area contributed by atoms with Crippen LogP contribution in [0.1, 0.15) is 0 Å². The Balaban J connectivity index is 2.96. The van der Waals surface area contributed by atoms with Crippen LogP contribution in [0.25, 0.3) is 10.9 Å². The molecule has 11 heavy (non-hydrogen) atoms. The van der Waals surface area contributed by atoms with Crippen LogP contribution in [0.2, 0.25) is 5.02 Å². The molecule has 0 radical (unpaired) electrons. The maximum absolute atomic E-state index is 5.88. The molecule has 0 atom stereocenters. The molecule has 0 saturated carbocycles. The Morgan fingerprint density at radius 2 is 2.27 bits per heavy atom. The maximum atomic E-state index is 5.88. The number of benzene rings is 1. The number of aromatic amines is 1. The standard InChI is InChI=1S/C7H4BrClN2/c8-5-1-2-6(9)7-4(5)3-10-11-7/h1-3H,(H,10,11). The van der Waals surface area contributed by atoms with Gasteiger partial charge in [0.25, 0.3) is 0 Å². The topological polar surface area (TPSA) is 28.7 Å². The minimum Gasteiger partial charge on any atom is -0.276 e. The van der Waals surface area contributed by atoms with Gasteiger partial charge in [-0.25, -0.2) is 0 Å². The predicted octanol–water partition coefficient (Wildman–Crippen LogP) is 2.98. The molecule has 0 saturated heterocycles. The molecule has 0 aliphatic rings. The third-order valence-corrected chi connectivity index (χ3v) is 2.52. The molecular weight excluding hydrogens is 227 g/mol. The fraction of sp³-hybridized carbons (Fsp3) is 0. The van der Waals surface area contributed by atoms with E-state index in [0.717, 1.165) is 15.4 Å². The lowest BCUT2D eigenvalue weighted by molar-refractivity contribution is 1.12. The number of aromatic nitrogens is 2. The number of rotatable bonds is 0. The van der Waals surface area contributed by atoms with Gasteiger partial charge in [0.15, 0.2) is 0 Å². The monoisotopic (exact) mass is 230 g/mol. The first-order chi connectivity index (χ1) is 5.29. The summed E-state index contributed by atoms with van der Waals surface area (Å²) in [4.78, 5) is 0. The number of fused-ring (bicyclic) bond motifs is 1. The highest BCUT2D eigenvalue weighted by Gasteiger charge is 2.02. The average Bonchev–Trinajstić information content (AvgIpc) is 2.45. The van der Waals surface area contributed by atoms with Crippen LogP contribution in [0.4, 0.5) is 0 Å². The van der Waals surface area contributed by atoms with E-state index in [-0.39, 0.29) is 0 Å². The number of nitrogens with zero attached hydrogens (tertiary/aromatic N) is 1. The summed E-state index contributed by atoms with van der Waals surface area (Å²) in [6, 6.07) is 3.73. The van der Waals surface area contributed by atoms with Crippen molar-refractivity contribution in [2.45, 2.75) is 0 Å². The molecule has 1 heterocycles. The third-order valence-electron chi connectivity index (χ3n) is 1.51. The van der Waals surface area contributed by atoms with Crippen molar-refractivity contribution in [3.8, 4) is 0 Å². The first kappa shape index (κ1) is 7.13. The second-order valence-corrected chi connectivity index (χ2v) is 3.45. The fourth-order valence-corrected chi connectivity index (χ4v) is 1.61. The van der Waals surface area contributed by atoms with E-state index in [9.17, 15) is 0 Å². The zero-order valence-electron chi connectivity index (χ0n) is 5.44. The zero-order valence-corrected chi connectivity index (χ0v) is 7.78. The van der Waals surface area contributed by atoms with Gasteiger partial charge in [0, 0.05) is 9.86 Å². The van der Waals surface area contributed by atoms with Crippen molar-refractivity contribution < 1.29 is 0 Å². The van der Waals surface area contributed by atoms with Gasteiger partial charge in [-0.1, -0.05) is 27.5 Å². The van der Waals surface area contributed by atoms with Gasteiger partial charge in [-0.2, -0.15) is 5.10 Å². The number of nitrogens with one attached hydrogen (secondary N) is 1. The zero-order chi connectivity index (χ0) is 7.84. The molecule has 2 aromatic rings. The molecule has 1 N–H and O–H groups in total. The number of hydrogen-bond donors (Lipinski definition) is 1. The Kier molecular flexibility index (Phi) is 1.62. The van der Waals surface area contributed by atoms with Crippen LogP contribution in [0.3, 0.4) is 0 Å². The van der Waals surface area contributed by atoms with E-state index in [0.29, 0.717) is 5.02 Å². The number of hydrogen-bond acceptors (Lipinski definition) is 1. The Labute approximate surface area is 76.7 Å². The normalized spacial score (nSPS) is 10.7. The molecule has 56 valence electrons. The molecule has 4 heteroatoms. The molecule has 0 unspecified atom stereocenters. The van der Waals surface area contributed by atoms with E-state index in [4.69, 9.17) is 11.6 Å². The summed E-state index contributed by atoms with van der Waals surface area (Å²) in [5.41, 5.74) is 0.876. The highest BCUT2D eigenvalue weighted by Crippen LogP contribution is 2.27. The highest BCUT2D eigenvalue weighted by atomic mass is 79.9. The Morgan fingerprint density at radius 3 is 3.00 bits per heavy atom. The molecule has 2 nitrogen and oxygen atoms in total. The van der Waals surface area contributed by atoms with Crippen molar-refractivity contribution in [1.82, 2.24) is 10.2 Å². The first-order valence-electron chi connectivity index (χ1n) is 3.06. The maximum Gasteiger partial charge on any atom is 0.0847 e. The van der Waals surface area contributed by atoms with Crippen molar-refractivity contribution in [1.29, 1.82) is 0 Å². The van der Waals surface area contributed by atoms with Gasteiger partial charge in [0.05, 0.1) is 16.7 Å². The molecule has 0 spiro atoms. The molecule has 0 aliphatic heterocycles. The first-order valence-corrected chi connectivity index (χ1v) is 4.23. The van der Waals surface area contributed by atoms with Crippen LogP contribution in [-0.4, -0.2) is 10.2 Å². The Bertz CT molecular complexity index is 360. The molecule has 0 bridgehead atoms. The van der Waals surface area contributed by atoms with E-state index < -0.39 is 0 Å². The molecule has 0 amide bonds. The van der Waals surface area contributed by atoms with Gasteiger partial charge < -0.3 is 0 Å². The van der Waals surface area contributed by atoms with E-state index in [1.165, 1.54) is 0 Å². The van der Waals surface area contributed by atoms with Gasteiger partial charge >= 0.3 is 0 Å². The molecular formula is C7H4BrClN2. The molecule has 0 aliphatic carbocycles. The minimum atomic E-state index is 0.695. The van der Waals surface area contributed by atoms with Gasteiger partial charge in [-0.15, -0.1) is 0 Å². The van der Waals surface area contributed by atoms with Crippen molar-refractivity contribution in [3.05, 3.63) is 27.8 Å². The summed E-state index contributed by atoms with van der Waals surface area (Å²) < 4.78 is 1.01. The van der Waals surface area contributed by atoms with Crippen LogP contribution in [-0.2, 0) is 0 Å². The van der Waals surface area contributed by atoms with Gasteiger partial charge in [-0.3, -0.25) is 5.10 Å². The van der Waals surface area contributed by atoms with Gasteiger partial charge in [0.1, 0.15) is 0 Å². The second-order valence-electron chi connectivity index (χ2n) is 2.19. The second kappa shape index (κ2) is 2.50. The average molecular weight is 231 g/mol. The van der Waals surface area contributed by atoms with Crippen molar-refractivity contribution in [3.63, 3.8) is 0 Å². The van der Waals surface area contributed by atoms with Crippen LogP contribution in [0.15, 0.2) is 22.8 Å². The van der Waals surface area contributed by atoms with Crippen LogP contribution in [0.5, 0.6) is 0 Å². The predicted molar refractivity (Wildman–Crippen MR) is 48.8 cm³/mol. The summed E-state index contributed by atoms with van der Waals surface area (Å²) in [5, 5.41) is 8.41. The molecule has 1 aromatic carbocycles. The Hall–Kier alpha value is -0.540. The van der Waals surface area contributed by atoms with Crippen LogP contribution in [0, 0.1) is 0 Å². The highest BCUT2D eigenvalue weighted by molar-refractivity contribution is 9.10. The summed E-state index contributed by atoms with van der Waals surface area (Å²) in [7, 11) is 0. The van der Waals surface area contributed by atoms with Crippen molar-refractivity contribution >= 4 is 38.4 Å². The van der Waals surface area contributed by atoms with Crippen LogP contribution < -0.4 is 0 Å². The smallest absolute Gasteiger partial charge is 0.0847 e. The molecule has 1 aromatic heterocycles. The van der Waals surface area contributed by atoms with E-state index in [1.54, 1.807) is 6.20 Å². The number of halogens is 2. The molecule has 2 rings (SSSR count). The fourth-order valence-electron chi connectivity index (χ4n) is 0.969. The summed E-state index contributed by atoms with van der Waals surface area (Å²) in [6.07, 6.45) is 1.74. The number of H-pyrrole nitrogens is 1. The summed E-state index contributed by atoms with van der Waals surface area (Å²) in [6.45, 7) is 0.